The van der Waals surface area contributed by atoms with E-state index in [4.69, 9.17) is 9.72 Å². The predicted octanol–water partition coefficient (Wildman–Crippen LogP) is 5.74. The molecule has 2 aromatic carbocycles. The zero-order chi connectivity index (χ0) is 23.3. The lowest BCUT2D eigenvalue weighted by atomic mass is 9.93. The number of nitrogens with zero attached hydrogens (tertiary/aromatic N) is 3. The van der Waals surface area contributed by atoms with Crippen molar-refractivity contribution in [2.45, 2.75) is 32.6 Å². The van der Waals surface area contributed by atoms with Gasteiger partial charge in [0.15, 0.2) is 0 Å². The van der Waals surface area contributed by atoms with E-state index < -0.39 is 0 Å². The van der Waals surface area contributed by atoms with Crippen LogP contribution in [0.15, 0.2) is 54.7 Å². The van der Waals surface area contributed by atoms with Gasteiger partial charge < -0.3 is 14.6 Å². The summed E-state index contributed by atoms with van der Waals surface area (Å²) in [4.78, 5) is 13.2. The highest BCUT2D eigenvalue weighted by Gasteiger charge is 2.17. The third-order valence-electron chi connectivity index (χ3n) is 7.05. The normalized spacial score (nSPS) is 15.4. The highest BCUT2D eigenvalue weighted by atomic mass is 16.5. The van der Waals surface area contributed by atoms with Gasteiger partial charge in [0.1, 0.15) is 18.0 Å². The highest BCUT2D eigenvalue weighted by Crippen LogP contribution is 2.37. The summed E-state index contributed by atoms with van der Waals surface area (Å²) >= 11 is 0. The van der Waals surface area contributed by atoms with Crippen LogP contribution in [0.3, 0.4) is 0 Å². The fraction of sp³-hybridized carbons (Fsp3) is 0.414. The van der Waals surface area contributed by atoms with Crippen molar-refractivity contribution in [3.05, 3.63) is 60.3 Å². The minimum Gasteiger partial charge on any atom is -0.492 e. The molecule has 1 saturated heterocycles. The van der Waals surface area contributed by atoms with Gasteiger partial charge in [0.25, 0.3) is 0 Å². The van der Waals surface area contributed by atoms with Crippen LogP contribution in [0.25, 0.3) is 33.1 Å². The number of para-hydroxylation sites is 1. The van der Waals surface area contributed by atoms with E-state index in [2.05, 4.69) is 83.5 Å². The average molecular weight is 457 g/mol. The van der Waals surface area contributed by atoms with Gasteiger partial charge in [0.2, 0.25) is 0 Å². The van der Waals surface area contributed by atoms with E-state index in [0.717, 1.165) is 62.7 Å². The summed E-state index contributed by atoms with van der Waals surface area (Å²) in [6, 6.07) is 17.2. The molecule has 34 heavy (non-hydrogen) atoms. The first-order chi connectivity index (χ1) is 16.7. The molecule has 4 aromatic rings. The molecule has 0 aliphatic carbocycles. The highest BCUT2D eigenvalue weighted by molar-refractivity contribution is 6.13. The Kier molecular flexibility index (Phi) is 7.12. The summed E-state index contributed by atoms with van der Waals surface area (Å²) in [6.07, 6.45) is 6.75. The maximum absolute atomic E-state index is 6.24. The number of rotatable bonds is 9. The van der Waals surface area contributed by atoms with Crippen LogP contribution >= 0.6 is 0 Å². The van der Waals surface area contributed by atoms with Crippen molar-refractivity contribution in [3.63, 3.8) is 0 Å². The van der Waals surface area contributed by atoms with E-state index in [0.29, 0.717) is 0 Å². The van der Waals surface area contributed by atoms with Crippen molar-refractivity contribution in [1.29, 1.82) is 0 Å². The molecule has 1 N–H and O–H groups in total. The van der Waals surface area contributed by atoms with E-state index in [9.17, 15) is 0 Å². The maximum Gasteiger partial charge on any atom is 0.138 e. The number of pyridine rings is 1. The Hall–Kier alpha value is -2.89. The number of nitrogens with one attached hydrogen (secondary N) is 1. The van der Waals surface area contributed by atoms with Crippen LogP contribution in [0.5, 0.6) is 5.75 Å². The molecular formula is C29H36N4O. The first kappa shape index (κ1) is 22.9. The number of aromatic amines is 1. The minimum absolute atomic E-state index is 0.718. The molecule has 5 heteroatoms. The third-order valence-corrected chi connectivity index (χ3v) is 7.05. The molecular weight excluding hydrogens is 420 g/mol. The topological polar surface area (TPSA) is 44.4 Å². The van der Waals surface area contributed by atoms with Crippen molar-refractivity contribution in [1.82, 2.24) is 19.8 Å². The molecule has 0 bridgehead atoms. The van der Waals surface area contributed by atoms with Crippen LogP contribution in [0, 0.1) is 0 Å². The Balaban J connectivity index is 1.44. The van der Waals surface area contributed by atoms with Gasteiger partial charge in [0.05, 0.1) is 0 Å². The fourth-order valence-corrected chi connectivity index (χ4v) is 5.04. The maximum atomic E-state index is 6.24. The lowest BCUT2D eigenvalue weighted by molar-refractivity contribution is 0.134. The summed E-state index contributed by atoms with van der Waals surface area (Å²) < 4.78 is 6.24. The second-order valence-electron chi connectivity index (χ2n) is 9.53. The smallest absolute Gasteiger partial charge is 0.138 e. The molecule has 0 atom stereocenters. The van der Waals surface area contributed by atoms with E-state index in [1.807, 2.05) is 0 Å². The Labute approximate surface area is 202 Å². The van der Waals surface area contributed by atoms with E-state index in [-0.39, 0.29) is 0 Å². The van der Waals surface area contributed by atoms with Crippen LogP contribution < -0.4 is 4.74 Å². The van der Waals surface area contributed by atoms with E-state index >= 15 is 0 Å². The van der Waals surface area contributed by atoms with Crippen molar-refractivity contribution in [2.24, 2.45) is 0 Å². The Morgan fingerprint density at radius 2 is 1.85 bits per heavy atom. The first-order valence-corrected chi connectivity index (χ1v) is 12.8. The molecule has 3 heterocycles. The first-order valence-electron chi connectivity index (χ1n) is 12.8. The summed E-state index contributed by atoms with van der Waals surface area (Å²) in [5.41, 5.74) is 5.91. The Morgan fingerprint density at radius 3 is 2.71 bits per heavy atom. The second kappa shape index (κ2) is 10.6. The third kappa shape index (κ3) is 4.96. The number of ether oxygens (including phenoxy) is 1. The van der Waals surface area contributed by atoms with Gasteiger partial charge in [-0.3, -0.25) is 4.90 Å². The lowest BCUT2D eigenvalue weighted by Crippen LogP contribution is -2.45. The molecule has 0 spiro atoms. The largest absolute Gasteiger partial charge is 0.492 e. The van der Waals surface area contributed by atoms with Crippen molar-refractivity contribution in [3.8, 4) is 16.9 Å². The SMILES string of the molecule is CCCCCc1cnc2[nH]c3ccccc3c2c1-c1cccc(OCCN2CCN(C)CC2)c1. The molecule has 178 valence electrons. The summed E-state index contributed by atoms with van der Waals surface area (Å²) in [6.45, 7) is 8.47. The molecule has 0 saturated carbocycles. The van der Waals surface area contributed by atoms with Crippen molar-refractivity contribution >= 4 is 21.9 Å². The summed E-state index contributed by atoms with van der Waals surface area (Å²) in [5.74, 6) is 0.941. The van der Waals surface area contributed by atoms with Gasteiger partial charge in [-0.15, -0.1) is 0 Å². The molecule has 5 rings (SSSR count). The number of H-pyrrole nitrogens is 1. The standard InChI is InChI=1S/C29H36N4O/c1-3-4-5-9-23-21-30-29-28(25-12-6-7-13-26(25)31-29)27(23)22-10-8-11-24(20-22)34-19-18-33-16-14-32(2)15-17-33/h6-8,10-13,20-21H,3-5,9,14-19H2,1-2H3,(H,30,31). The molecule has 1 fully saturated rings. The van der Waals surface area contributed by atoms with Gasteiger partial charge >= 0.3 is 0 Å². The van der Waals surface area contributed by atoms with Crippen LogP contribution in [-0.4, -0.2) is 66.1 Å². The second-order valence-corrected chi connectivity index (χ2v) is 9.53. The quantitative estimate of drug-likeness (QED) is 0.326. The monoisotopic (exact) mass is 456 g/mol. The van der Waals surface area contributed by atoms with Gasteiger partial charge in [-0.1, -0.05) is 50.1 Å². The molecule has 1 aliphatic rings. The number of fused-ring (bicyclic) bond motifs is 3. The summed E-state index contributed by atoms with van der Waals surface area (Å²) in [5, 5.41) is 2.46. The van der Waals surface area contributed by atoms with E-state index in [1.165, 1.54) is 46.7 Å². The Morgan fingerprint density at radius 1 is 1.00 bits per heavy atom. The molecule has 1 aliphatic heterocycles. The lowest BCUT2D eigenvalue weighted by Gasteiger charge is -2.32. The van der Waals surface area contributed by atoms with Gasteiger partial charge in [-0.05, 0) is 54.8 Å². The van der Waals surface area contributed by atoms with Gasteiger partial charge in [0, 0.05) is 55.2 Å². The number of hydrogen-bond acceptors (Lipinski definition) is 4. The number of aromatic nitrogens is 2. The molecule has 2 aromatic heterocycles. The zero-order valence-corrected chi connectivity index (χ0v) is 20.5. The van der Waals surface area contributed by atoms with Crippen LogP contribution in [0.1, 0.15) is 31.7 Å². The number of piperazine rings is 1. The Bertz CT molecular complexity index is 1240. The molecule has 5 nitrogen and oxygen atoms in total. The molecule has 0 amide bonds. The zero-order valence-electron chi connectivity index (χ0n) is 20.5. The van der Waals surface area contributed by atoms with Crippen LogP contribution in [0.4, 0.5) is 0 Å². The number of likely N-dealkylation sites (N-methyl/N-ethyl adjacent to an activating group) is 1. The minimum atomic E-state index is 0.718. The average Bonchev–Trinajstić information content (AvgIpc) is 3.24. The number of benzene rings is 2. The van der Waals surface area contributed by atoms with Gasteiger partial charge in [-0.2, -0.15) is 0 Å². The van der Waals surface area contributed by atoms with Crippen LogP contribution in [0.2, 0.25) is 0 Å². The van der Waals surface area contributed by atoms with Crippen molar-refractivity contribution < 1.29 is 4.74 Å². The molecule has 0 radical (unpaired) electrons. The number of aryl methyl sites for hydroxylation is 1. The van der Waals surface area contributed by atoms with Gasteiger partial charge in [-0.25, -0.2) is 4.98 Å². The van der Waals surface area contributed by atoms with E-state index in [1.54, 1.807) is 0 Å². The number of hydrogen-bond donors (Lipinski definition) is 1. The molecule has 0 unspecified atom stereocenters. The predicted molar refractivity (Wildman–Crippen MR) is 142 cm³/mol. The van der Waals surface area contributed by atoms with Crippen molar-refractivity contribution in [2.75, 3.05) is 46.4 Å². The number of unbranched alkanes of at least 4 members (excludes halogenated alkanes) is 2. The van der Waals surface area contributed by atoms with Crippen LogP contribution in [-0.2, 0) is 6.42 Å². The fourth-order valence-electron chi connectivity index (χ4n) is 5.04. The summed E-state index contributed by atoms with van der Waals surface area (Å²) in [7, 11) is 2.19.